The standard InChI is InChI=1S/C19H17FN2O3/c1-12-2-7-15(16(23)10-12)22-18(24)8-9-19-21-11-17(25-19)13-3-5-14(20)6-4-13/h2-7,10-11,23H,8-9H2,1H3,(H,22,24). The van der Waals surface area contributed by atoms with Crippen LogP contribution in [-0.2, 0) is 11.2 Å². The molecule has 1 heterocycles. The van der Waals surface area contributed by atoms with Gasteiger partial charge in [0.1, 0.15) is 11.6 Å². The van der Waals surface area contributed by atoms with E-state index in [1.165, 1.54) is 12.1 Å². The molecular weight excluding hydrogens is 323 g/mol. The predicted octanol–water partition coefficient (Wildman–Crippen LogP) is 4.07. The van der Waals surface area contributed by atoms with E-state index in [-0.39, 0.29) is 23.9 Å². The Kier molecular flexibility index (Phi) is 4.79. The van der Waals surface area contributed by atoms with E-state index < -0.39 is 0 Å². The number of amides is 1. The van der Waals surface area contributed by atoms with Gasteiger partial charge in [-0.1, -0.05) is 6.07 Å². The number of nitrogens with zero attached hydrogens (tertiary/aromatic N) is 1. The fourth-order valence-corrected chi connectivity index (χ4v) is 2.35. The summed E-state index contributed by atoms with van der Waals surface area (Å²) >= 11 is 0. The number of oxazole rings is 1. The van der Waals surface area contributed by atoms with E-state index in [1.807, 2.05) is 6.92 Å². The molecule has 0 saturated carbocycles. The van der Waals surface area contributed by atoms with Crippen LogP contribution in [0.4, 0.5) is 10.1 Å². The third-order valence-corrected chi connectivity index (χ3v) is 3.68. The average molecular weight is 340 g/mol. The van der Waals surface area contributed by atoms with Crippen molar-refractivity contribution in [1.82, 2.24) is 4.98 Å². The molecule has 6 heteroatoms. The average Bonchev–Trinajstić information content (AvgIpc) is 3.05. The maximum atomic E-state index is 12.9. The summed E-state index contributed by atoms with van der Waals surface area (Å²) in [6.07, 6.45) is 2.03. The van der Waals surface area contributed by atoms with Crippen molar-refractivity contribution in [3.63, 3.8) is 0 Å². The summed E-state index contributed by atoms with van der Waals surface area (Å²) in [6, 6.07) is 10.9. The lowest BCUT2D eigenvalue weighted by molar-refractivity contribution is -0.116. The normalized spacial score (nSPS) is 10.6. The van der Waals surface area contributed by atoms with E-state index in [1.54, 1.807) is 36.5 Å². The van der Waals surface area contributed by atoms with Gasteiger partial charge in [-0.05, 0) is 48.9 Å². The molecule has 2 N–H and O–H groups in total. The molecule has 3 rings (SSSR count). The van der Waals surface area contributed by atoms with E-state index in [0.29, 0.717) is 29.3 Å². The first kappa shape index (κ1) is 16.7. The third-order valence-electron chi connectivity index (χ3n) is 3.68. The summed E-state index contributed by atoms with van der Waals surface area (Å²) < 4.78 is 18.5. The number of nitrogens with one attached hydrogen (secondary N) is 1. The molecule has 0 unspecified atom stereocenters. The van der Waals surface area contributed by atoms with Crippen LogP contribution in [0.25, 0.3) is 11.3 Å². The van der Waals surface area contributed by atoms with Crippen molar-refractivity contribution in [2.75, 3.05) is 5.32 Å². The molecule has 0 aliphatic rings. The van der Waals surface area contributed by atoms with E-state index >= 15 is 0 Å². The molecule has 1 aromatic heterocycles. The van der Waals surface area contributed by atoms with Gasteiger partial charge in [-0.2, -0.15) is 0 Å². The molecule has 0 saturated heterocycles. The van der Waals surface area contributed by atoms with Crippen LogP contribution in [0.1, 0.15) is 17.9 Å². The molecule has 0 fully saturated rings. The minimum Gasteiger partial charge on any atom is -0.506 e. The second kappa shape index (κ2) is 7.17. The number of anilines is 1. The number of aromatic nitrogens is 1. The van der Waals surface area contributed by atoms with Gasteiger partial charge in [0.2, 0.25) is 5.91 Å². The molecule has 0 aliphatic heterocycles. The first-order valence-corrected chi connectivity index (χ1v) is 7.81. The van der Waals surface area contributed by atoms with E-state index in [2.05, 4.69) is 10.3 Å². The predicted molar refractivity (Wildman–Crippen MR) is 91.7 cm³/mol. The minimum absolute atomic E-state index is 0.0306. The highest BCUT2D eigenvalue weighted by Crippen LogP contribution is 2.24. The van der Waals surface area contributed by atoms with Gasteiger partial charge >= 0.3 is 0 Å². The zero-order valence-electron chi connectivity index (χ0n) is 13.6. The maximum absolute atomic E-state index is 12.9. The Morgan fingerprint density at radius 1 is 1.24 bits per heavy atom. The quantitative estimate of drug-likeness (QED) is 0.687. The van der Waals surface area contributed by atoms with E-state index in [0.717, 1.165) is 5.56 Å². The lowest BCUT2D eigenvalue weighted by Crippen LogP contribution is -2.12. The largest absolute Gasteiger partial charge is 0.506 e. The number of carbonyl (C=O) groups excluding carboxylic acids is 1. The van der Waals surface area contributed by atoms with Crippen LogP contribution in [0.3, 0.4) is 0 Å². The number of hydrogen-bond acceptors (Lipinski definition) is 4. The molecule has 0 bridgehead atoms. The van der Waals surface area contributed by atoms with Crippen molar-refractivity contribution in [3.8, 4) is 17.1 Å². The van der Waals surface area contributed by atoms with Crippen molar-refractivity contribution in [1.29, 1.82) is 0 Å². The first-order valence-electron chi connectivity index (χ1n) is 7.81. The van der Waals surface area contributed by atoms with Gasteiger partial charge in [0.25, 0.3) is 0 Å². The smallest absolute Gasteiger partial charge is 0.224 e. The zero-order chi connectivity index (χ0) is 17.8. The molecular formula is C19H17FN2O3. The van der Waals surface area contributed by atoms with Crippen molar-refractivity contribution < 1.29 is 18.7 Å². The number of rotatable bonds is 5. The fourth-order valence-electron chi connectivity index (χ4n) is 2.35. The SMILES string of the molecule is Cc1ccc(NC(=O)CCc2ncc(-c3ccc(F)cc3)o2)c(O)c1. The Balaban J connectivity index is 1.58. The van der Waals surface area contributed by atoms with Crippen LogP contribution in [0.15, 0.2) is 53.1 Å². The summed E-state index contributed by atoms with van der Waals surface area (Å²) in [5, 5.41) is 12.5. The summed E-state index contributed by atoms with van der Waals surface area (Å²) in [7, 11) is 0. The molecule has 0 aliphatic carbocycles. The van der Waals surface area contributed by atoms with Gasteiger partial charge in [0.05, 0.1) is 11.9 Å². The first-order chi connectivity index (χ1) is 12.0. The van der Waals surface area contributed by atoms with E-state index in [9.17, 15) is 14.3 Å². The van der Waals surface area contributed by atoms with Crippen LogP contribution in [0.5, 0.6) is 5.75 Å². The van der Waals surface area contributed by atoms with Gasteiger partial charge in [-0.25, -0.2) is 9.37 Å². The van der Waals surface area contributed by atoms with Crippen LogP contribution < -0.4 is 5.32 Å². The summed E-state index contributed by atoms with van der Waals surface area (Å²) in [4.78, 5) is 16.1. The monoisotopic (exact) mass is 340 g/mol. The summed E-state index contributed by atoms with van der Waals surface area (Å²) in [5.74, 6) is 0.400. The van der Waals surface area contributed by atoms with Crippen LogP contribution >= 0.6 is 0 Å². The number of phenols is 1. The van der Waals surface area contributed by atoms with Gasteiger partial charge < -0.3 is 14.8 Å². The van der Waals surface area contributed by atoms with Gasteiger partial charge in [-0.15, -0.1) is 0 Å². The minimum atomic E-state index is -0.320. The number of aryl methyl sites for hydroxylation is 2. The topological polar surface area (TPSA) is 75.4 Å². The Morgan fingerprint density at radius 2 is 2.00 bits per heavy atom. The molecule has 3 aromatic rings. The van der Waals surface area contributed by atoms with Crippen LogP contribution in [0.2, 0.25) is 0 Å². The number of phenolic OH excluding ortho intramolecular Hbond substituents is 1. The molecule has 0 atom stereocenters. The van der Waals surface area contributed by atoms with Crippen molar-refractivity contribution in [3.05, 3.63) is 65.9 Å². The highest BCUT2D eigenvalue weighted by Gasteiger charge is 2.11. The third kappa shape index (κ3) is 4.23. The molecule has 1 amide bonds. The Hall–Kier alpha value is -3.15. The Labute approximate surface area is 144 Å². The van der Waals surface area contributed by atoms with E-state index in [4.69, 9.17) is 4.42 Å². The molecule has 0 spiro atoms. The molecule has 2 aromatic carbocycles. The Morgan fingerprint density at radius 3 is 2.72 bits per heavy atom. The lowest BCUT2D eigenvalue weighted by atomic mass is 10.2. The Bertz CT molecular complexity index is 888. The molecule has 25 heavy (non-hydrogen) atoms. The van der Waals surface area contributed by atoms with Gasteiger partial charge in [0, 0.05) is 18.4 Å². The highest BCUT2D eigenvalue weighted by atomic mass is 19.1. The van der Waals surface area contributed by atoms with Crippen LogP contribution in [-0.4, -0.2) is 16.0 Å². The van der Waals surface area contributed by atoms with Crippen molar-refractivity contribution in [2.24, 2.45) is 0 Å². The van der Waals surface area contributed by atoms with Crippen LogP contribution in [0, 0.1) is 12.7 Å². The van der Waals surface area contributed by atoms with Gasteiger partial charge in [-0.3, -0.25) is 4.79 Å². The van der Waals surface area contributed by atoms with Crippen molar-refractivity contribution in [2.45, 2.75) is 19.8 Å². The highest BCUT2D eigenvalue weighted by molar-refractivity contribution is 5.92. The molecule has 0 radical (unpaired) electrons. The summed E-state index contributed by atoms with van der Waals surface area (Å²) in [6.45, 7) is 1.85. The lowest BCUT2D eigenvalue weighted by Gasteiger charge is -2.07. The number of hydrogen-bond donors (Lipinski definition) is 2. The number of benzene rings is 2. The number of aromatic hydroxyl groups is 1. The second-order valence-electron chi connectivity index (χ2n) is 5.69. The van der Waals surface area contributed by atoms with Gasteiger partial charge in [0.15, 0.2) is 11.7 Å². The van der Waals surface area contributed by atoms with Crippen molar-refractivity contribution >= 4 is 11.6 Å². The second-order valence-corrected chi connectivity index (χ2v) is 5.69. The molecule has 128 valence electrons. The number of halogens is 1. The summed E-state index contributed by atoms with van der Waals surface area (Å²) in [5.41, 5.74) is 1.99. The maximum Gasteiger partial charge on any atom is 0.224 e. The zero-order valence-corrected chi connectivity index (χ0v) is 13.6. The molecule has 5 nitrogen and oxygen atoms in total. The fraction of sp³-hybridized carbons (Fsp3) is 0.158. The number of carbonyl (C=O) groups is 1.